The molecule has 0 saturated carbocycles. The van der Waals surface area contributed by atoms with E-state index >= 15 is 0 Å². The molecule has 7 heteroatoms. The smallest absolute Gasteiger partial charge is 0.316 e. The minimum atomic E-state index is -0.653. The molecule has 0 bridgehead atoms. The molecule has 0 saturated heterocycles. The van der Waals surface area contributed by atoms with Crippen molar-refractivity contribution in [3.63, 3.8) is 0 Å². The second kappa shape index (κ2) is 9.19. The maximum absolute atomic E-state index is 13.6. The molecule has 1 aliphatic carbocycles. The van der Waals surface area contributed by atoms with E-state index in [9.17, 15) is 18.4 Å². The third-order valence-electron chi connectivity index (χ3n) is 4.79. The second-order valence-electron chi connectivity index (χ2n) is 6.64. The zero-order valence-electron chi connectivity index (χ0n) is 15.5. The minimum Gasteiger partial charge on any atom is -0.455 e. The minimum absolute atomic E-state index is 0.0270. The monoisotopic (exact) mass is 405 g/mol. The van der Waals surface area contributed by atoms with E-state index < -0.39 is 17.6 Å². The Kier molecular flexibility index (Phi) is 6.67. The van der Waals surface area contributed by atoms with E-state index in [1.165, 1.54) is 5.56 Å². The molecule has 2 aromatic rings. The van der Waals surface area contributed by atoms with Gasteiger partial charge in [0.05, 0.1) is 11.8 Å². The van der Waals surface area contributed by atoms with Crippen LogP contribution in [0.2, 0.25) is 0 Å². The number of halogens is 2. The zero-order chi connectivity index (χ0) is 20.1. The van der Waals surface area contributed by atoms with Crippen LogP contribution in [0.1, 0.15) is 30.0 Å². The average Bonchev–Trinajstić information content (AvgIpc) is 2.71. The lowest BCUT2D eigenvalue weighted by Crippen LogP contribution is -2.36. The number of amides is 1. The third kappa shape index (κ3) is 4.90. The van der Waals surface area contributed by atoms with Crippen molar-refractivity contribution in [2.45, 2.75) is 30.2 Å². The molecule has 0 spiro atoms. The van der Waals surface area contributed by atoms with Crippen molar-refractivity contribution >= 4 is 23.6 Å². The molecule has 0 unspecified atom stereocenters. The van der Waals surface area contributed by atoms with Gasteiger partial charge in [-0.3, -0.25) is 9.59 Å². The molecule has 3 rings (SSSR count). The number of likely N-dealkylation sites (N-methyl/N-ethyl adjacent to an activating group) is 1. The number of fused-ring (bicyclic) bond motifs is 1. The van der Waals surface area contributed by atoms with Crippen molar-refractivity contribution in [3.8, 4) is 0 Å². The molecule has 2 aromatic carbocycles. The standard InChI is InChI=1S/C21H21F2NO3S/c1-24(18-8-4-6-14-5-2-3-7-16(14)18)20(25)12-27-21(26)13-28-19-11-15(22)9-10-17(19)23/h2-3,5,7,9-11,18H,4,6,8,12-13H2,1H3/t18-/m1/s1. The molecule has 1 atom stereocenters. The molecule has 0 aromatic heterocycles. The Balaban J connectivity index is 1.51. The number of thioether (sulfide) groups is 1. The van der Waals surface area contributed by atoms with Gasteiger partial charge in [0.25, 0.3) is 5.91 Å². The highest BCUT2D eigenvalue weighted by atomic mass is 32.2. The fourth-order valence-corrected chi connectivity index (χ4v) is 4.07. The van der Waals surface area contributed by atoms with Crippen molar-refractivity contribution in [2.24, 2.45) is 0 Å². The average molecular weight is 405 g/mol. The number of carbonyl (C=O) groups is 2. The number of rotatable bonds is 6. The highest BCUT2D eigenvalue weighted by Crippen LogP contribution is 2.33. The third-order valence-corrected chi connectivity index (χ3v) is 5.80. The number of nitrogens with zero attached hydrogens (tertiary/aromatic N) is 1. The van der Waals surface area contributed by atoms with Crippen molar-refractivity contribution in [2.75, 3.05) is 19.4 Å². The summed E-state index contributed by atoms with van der Waals surface area (Å²) < 4.78 is 31.7. The molecule has 0 aliphatic heterocycles. The number of carbonyl (C=O) groups excluding carboxylic acids is 2. The summed E-state index contributed by atoms with van der Waals surface area (Å²) in [6.45, 7) is -0.375. The van der Waals surface area contributed by atoms with Crippen LogP contribution in [0, 0.1) is 11.6 Å². The summed E-state index contributed by atoms with van der Waals surface area (Å²) in [5, 5.41) is 0. The first-order chi connectivity index (χ1) is 13.5. The Morgan fingerprint density at radius 3 is 2.82 bits per heavy atom. The van der Waals surface area contributed by atoms with E-state index in [2.05, 4.69) is 6.07 Å². The molecule has 0 radical (unpaired) electrons. The molecule has 0 heterocycles. The lowest BCUT2D eigenvalue weighted by atomic mass is 9.87. The highest BCUT2D eigenvalue weighted by Gasteiger charge is 2.27. The first-order valence-electron chi connectivity index (χ1n) is 9.02. The summed E-state index contributed by atoms with van der Waals surface area (Å²) in [7, 11) is 1.71. The van der Waals surface area contributed by atoms with Crippen molar-refractivity contribution in [1.29, 1.82) is 0 Å². The Labute approximate surface area is 166 Å². The van der Waals surface area contributed by atoms with Gasteiger partial charge in [-0.25, -0.2) is 8.78 Å². The van der Waals surface area contributed by atoms with Crippen LogP contribution < -0.4 is 0 Å². The van der Waals surface area contributed by atoms with E-state index in [1.54, 1.807) is 11.9 Å². The molecule has 0 N–H and O–H groups in total. The molecule has 28 heavy (non-hydrogen) atoms. The lowest BCUT2D eigenvalue weighted by molar-refractivity contribution is -0.150. The molecule has 148 valence electrons. The molecule has 4 nitrogen and oxygen atoms in total. The number of hydrogen-bond donors (Lipinski definition) is 0. The van der Waals surface area contributed by atoms with Gasteiger partial charge in [0.1, 0.15) is 11.6 Å². The fourth-order valence-electron chi connectivity index (χ4n) is 3.31. The Morgan fingerprint density at radius 1 is 1.21 bits per heavy atom. The largest absolute Gasteiger partial charge is 0.455 e. The molecule has 1 amide bonds. The van der Waals surface area contributed by atoms with Gasteiger partial charge in [-0.2, -0.15) is 0 Å². The maximum Gasteiger partial charge on any atom is 0.316 e. The quantitative estimate of drug-likeness (QED) is 0.535. The summed E-state index contributed by atoms with van der Waals surface area (Å²) in [6.07, 6.45) is 2.86. The van der Waals surface area contributed by atoms with Crippen LogP contribution in [0.5, 0.6) is 0 Å². The van der Waals surface area contributed by atoms with Crippen LogP contribution >= 0.6 is 11.8 Å². The predicted molar refractivity (Wildman–Crippen MR) is 103 cm³/mol. The first-order valence-corrected chi connectivity index (χ1v) is 10.0. The van der Waals surface area contributed by atoms with Crippen LogP contribution in [0.15, 0.2) is 47.4 Å². The topological polar surface area (TPSA) is 46.6 Å². The van der Waals surface area contributed by atoms with Gasteiger partial charge >= 0.3 is 5.97 Å². The molecular formula is C21H21F2NO3S. The number of aryl methyl sites for hydroxylation is 1. The summed E-state index contributed by atoms with van der Waals surface area (Å²) in [4.78, 5) is 26.0. The molecule has 1 aliphatic rings. The SMILES string of the molecule is CN(C(=O)COC(=O)CSc1cc(F)ccc1F)[C@@H]1CCCc2ccccc21. The predicted octanol–water partition coefficient (Wildman–Crippen LogP) is 4.14. The number of esters is 1. The normalized spacial score (nSPS) is 15.6. The Bertz CT molecular complexity index is 874. The van der Waals surface area contributed by atoms with Crippen LogP contribution in [0.25, 0.3) is 0 Å². The number of benzene rings is 2. The van der Waals surface area contributed by atoms with Crippen molar-refractivity contribution in [3.05, 3.63) is 65.2 Å². The van der Waals surface area contributed by atoms with Crippen LogP contribution in [0.3, 0.4) is 0 Å². The van der Waals surface area contributed by atoms with Crippen molar-refractivity contribution in [1.82, 2.24) is 4.90 Å². The van der Waals surface area contributed by atoms with Gasteiger partial charge in [-0.15, -0.1) is 11.8 Å². The van der Waals surface area contributed by atoms with Gasteiger partial charge in [0, 0.05) is 11.9 Å². The van der Waals surface area contributed by atoms with Gasteiger partial charge in [0.2, 0.25) is 0 Å². The first kappa shape index (κ1) is 20.3. The summed E-state index contributed by atoms with van der Waals surface area (Å²) in [6, 6.07) is 11.0. The zero-order valence-corrected chi connectivity index (χ0v) is 16.3. The Hall–Kier alpha value is -2.41. The summed E-state index contributed by atoms with van der Waals surface area (Å²) in [5.74, 6) is -2.34. The van der Waals surface area contributed by atoms with Gasteiger partial charge in [-0.05, 0) is 48.6 Å². The van der Waals surface area contributed by atoms with Crippen LogP contribution in [-0.2, 0) is 20.7 Å². The summed E-state index contributed by atoms with van der Waals surface area (Å²) >= 11 is 0.834. The van der Waals surface area contributed by atoms with Crippen LogP contribution in [-0.4, -0.2) is 36.2 Å². The lowest BCUT2D eigenvalue weighted by Gasteiger charge is -2.33. The Morgan fingerprint density at radius 2 is 2.00 bits per heavy atom. The van der Waals surface area contributed by atoms with E-state index in [-0.39, 0.29) is 29.2 Å². The van der Waals surface area contributed by atoms with E-state index in [0.29, 0.717) is 0 Å². The highest BCUT2D eigenvalue weighted by molar-refractivity contribution is 8.00. The van der Waals surface area contributed by atoms with Crippen molar-refractivity contribution < 1.29 is 23.1 Å². The van der Waals surface area contributed by atoms with Gasteiger partial charge in [0.15, 0.2) is 6.61 Å². The van der Waals surface area contributed by atoms with E-state index in [4.69, 9.17) is 4.74 Å². The number of ether oxygens (including phenoxy) is 1. The van der Waals surface area contributed by atoms with E-state index in [1.807, 2.05) is 18.2 Å². The molecule has 0 fully saturated rings. The maximum atomic E-state index is 13.6. The second-order valence-corrected chi connectivity index (χ2v) is 7.65. The van der Waals surface area contributed by atoms with Gasteiger partial charge in [-0.1, -0.05) is 24.3 Å². The fraction of sp³-hybridized carbons (Fsp3) is 0.333. The van der Waals surface area contributed by atoms with Crippen LogP contribution in [0.4, 0.5) is 8.78 Å². The summed E-state index contributed by atoms with van der Waals surface area (Å²) in [5.41, 5.74) is 2.37. The van der Waals surface area contributed by atoms with E-state index in [0.717, 1.165) is 54.8 Å². The number of hydrogen-bond acceptors (Lipinski definition) is 4. The van der Waals surface area contributed by atoms with Gasteiger partial charge < -0.3 is 9.64 Å². The molecular weight excluding hydrogens is 384 g/mol.